The van der Waals surface area contributed by atoms with Crippen molar-refractivity contribution in [2.75, 3.05) is 26.3 Å². The molecule has 1 fully saturated rings. The Balaban J connectivity index is 2.46. The highest BCUT2D eigenvalue weighted by atomic mass is 16.5. The summed E-state index contributed by atoms with van der Waals surface area (Å²) in [5.41, 5.74) is 0.684. The summed E-state index contributed by atoms with van der Waals surface area (Å²) >= 11 is 0. The smallest absolute Gasteiger partial charge is 0.145 e. The van der Waals surface area contributed by atoms with Gasteiger partial charge >= 0.3 is 0 Å². The van der Waals surface area contributed by atoms with Gasteiger partial charge in [0.15, 0.2) is 0 Å². The maximum Gasteiger partial charge on any atom is 0.145 e. The summed E-state index contributed by atoms with van der Waals surface area (Å²) < 4.78 is 5.11. The molecule has 10 heavy (non-hydrogen) atoms. The lowest BCUT2D eigenvalue weighted by Gasteiger charge is -2.27. The molecule has 3 nitrogen and oxygen atoms in total. The van der Waals surface area contributed by atoms with E-state index in [1.807, 2.05) is 10.8 Å². The maximum atomic E-state index is 10.2. The van der Waals surface area contributed by atoms with Crippen molar-refractivity contribution >= 4 is 5.94 Å². The number of hydrogen-bond donors (Lipinski definition) is 0. The van der Waals surface area contributed by atoms with E-state index in [9.17, 15) is 4.79 Å². The van der Waals surface area contributed by atoms with Crippen molar-refractivity contribution in [1.29, 1.82) is 0 Å². The molecular formula is C7H11NO2. The van der Waals surface area contributed by atoms with Gasteiger partial charge in [-0.3, -0.25) is 0 Å². The molecule has 0 bridgehead atoms. The first kappa shape index (κ1) is 7.32. The molecule has 0 N–H and O–H groups in total. The zero-order valence-corrected chi connectivity index (χ0v) is 6.09. The molecule has 0 spiro atoms. The molecule has 0 aromatic carbocycles. The van der Waals surface area contributed by atoms with Gasteiger partial charge in [0, 0.05) is 13.1 Å². The molecule has 0 aromatic heterocycles. The quantitative estimate of drug-likeness (QED) is 0.483. The molecule has 56 valence electrons. The summed E-state index contributed by atoms with van der Waals surface area (Å²) in [7, 11) is 0. The Hall–Kier alpha value is -0.790. The van der Waals surface area contributed by atoms with E-state index >= 15 is 0 Å². The Morgan fingerprint density at radius 1 is 1.50 bits per heavy atom. The molecule has 0 aliphatic carbocycles. The van der Waals surface area contributed by atoms with Crippen molar-refractivity contribution < 1.29 is 9.53 Å². The molecule has 1 rings (SSSR count). The van der Waals surface area contributed by atoms with Crippen LogP contribution in [-0.4, -0.2) is 37.1 Å². The minimum atomic E-state index is 0.684. The first-order valence-corrected chi connectivity index (χ1v) is 3.39. The highest BCUT2D eigenvalue weighted by molar-refractivity contribution is 5.50. The normalized spacial score (nSPS) is 18.3. The lowest BCUT2D eigenvalue weighted by molar-refractivity contribution is 0.0544. The van der Waals surface area contributed by atoms with Crippen molar-refractivity contribution in [2.24, 2.45) is 0 Å². The van der Waals surface area contributed by atoms with Gasteiger partial charge in [-0.25, -0.2) is 4.79 Å². The summed E-state index contributed by atoms with van der Waals surface area (Å²) in [6, 6.07) is 0. The van der Waals surface area contributed by atoms with Gasteiger partial charge < -0.3 is 9.64 Å². The molecule has 0 saturated carbocycles. The van der Waals surface area contributed by atoms with Crippen LogP contribution in [0.5, 0.6) is 0 Å². The molecule has 1 saturated heterocycles. The molecule has 0 unspecified atom stereocenters. The van der Waals surface area contributed by atoms with Crippen LogP contribution in [0, 0.1) is 0 Å². The van der Waals surface area contributed by atoms with Crippen LogP contribution in [0.2, 0.25) is 0 Å². The summed E-state index contributed by atoms with van der Waals surface area (Å²) in [5.74, 6) is 1.87. The van der Waals surface area contributed by atoms with Crippen LogP contribution in [0.25, 0.3) is 0 Å². The number of allylic oxidation sites excluding steroid dienone is 1. The molecular weight excluding hydrogens is 130 g/mol. The second-order valence-corrected chi connectivity index (χ2v) is 2.29. The fourth-order valence-corrected chi connectivity index (χ4v) is 0.963. The van der Waals surface area contributed by atoms with E-state index in [-0.39, 0.29) is 0 Å². The summed E-state index contributed by atoms with van der Waals surface area (Å²) in [5, 5.41) is 0. The van der Waals surface area contributed by atoms with Crippen LogP contribution in [0.1, 0.15) is 6.92 Å². The lowest BCUT2D eigenvalue weighted by Crippen LogP contribution is -2.34. The monoisotopic (exact) mass is 141 g/mol. The van der Waals surface area contributed by atoms with Gasteiger partial charge in [-0.2, -0.15) is 0 Å². The summed E-state index contributed by atoms with van der Waals surface area (Å²) in [6.45, 7) is 4.86. The topological polar surface area (TPSA) is 29.5 Å². The predicted molar refractivity (Wildman–Crippen MR) is 37.3 cm³/mol. The van der Waals surface area contributed by atoms with Crippen LogP contribution in [-0.2, 0) is 9.53 Å². The molecule has 0 radical (unpaired) electrons. The Labute approximate surface area is 60.3 Å². The largest absolute Gasteiger partial charge is 0.378 e. The fourth-order valence-electron chi connectivity index (χ4n) is 0.963. The lowest BCUT2D eigenvalue weighted by atomic mass is 10.4. The van der Waals surface area contributed by atoms with E-state index in [4.69, 9.17) is 4.74 Å². The molecule has 1 heterocycles. The number of rotatable bonds is 1. The van der Waals surface area contributed by atoms with Gasteiger partial charge in [-0.1, -0.05) is 0 Å². The molecule has 0 aromatic rings. The van der Waals surface area contributed by atoms with E-state index < -0.39 is 0 Å². The van der Waals surface area contributed by atoms with Crippen molar-refractivity contribution in [3.05, 3.63) is 5.70 Å². The van der Waals surface area contributed by atoms with Crippen LogP contribution in [0.15, 0.2) is 5.70 Å². The zero-order chi connectivity index (χ0) is 7.40. The SMILES string of the molecule is CC(=C=O)N1CCOCC1. The Kier molecular flexibility index (Phi) is 2.49. The van der Waals surface area contributed by atoms with Crippen molar-refractivity contribution in [3.8, 4) is 0 Å². The average Bonchev–Trinajstić information content (AvgIpc) is 2.05. The van der Waals surface area contributed by atoms with Gasteiger partial charge in [0.25, 0.3) is 0 Å². The maximum absolute atomic E-state index is 10.2. The standard InChI is InChI=1S/C7H11NO2/c1-7(6-9)8-2-4-10-5-3-8/h2-5H2,1H3. The van der Waals surface area contributed by atoms with E-state index in [1.165, 1.54) is 0 Å². The van der Waals surface area contributed by atoms with Gasteiger partial charge in [0.05, 0.1) is 18.9 Å². The minimum absolute atomic E-state index is 0.684. The zero-order valence-electron chi connectivity index (χ0n) is 6.09. The number of carbonyl (C=O) groups excluding carboxylic acids is 1. The van der Waals surface area contributed by atoms with E-state index in [2.05, 4.69) is 0 Å². The van der Waals surface area contributed by atoms with Gasteiger partial charge in [-0.15, -0.1) is 0 Å². The van der Waals surface area contributed by atoms with Gasteiger partial charge in [0.1, 0.15) is 5.94 Å². The second-order valence-electron chi connectivity index (χ2n) is 2.29. The van der Waals surface area contributed by atoms with Gasteiger partial charge in [0.2, 0.25) is 0 Å². The first-order chi connectivity index (χ1) is 4.84. The Morgan fingerprint density at radius 3 is 2.60 bits per heavy atom. The molecule has 1 aliphatic heterocycles. The number of ether oxygens (including phenoxy) is 1. The Morgan fingerprint density at radius 2 is 2.10 bits per heavy atom. The highest BCUT2D eigenvalue weighted by Crippen LogP contribution is 2.02. The predicted octanol–water partition coefficient (Wildman–Crippen LogP) is 0.0540. The van der Waals surface area contributed by atoms with E-state index in [1.54, 1.807) is 6.92 Å². The van der Waals surface area contributed by atoms with Crippen LogP contribution >= 0.6 is 0 Å². The molecule has 3 heteroatoms. The molecule has 0 amide bonds. The van der Waals surface area contributed by atoms with Crippen molar-refractivity contribution in [1.82, 2.24) is 4.90 Å². The first-order valence-electron chi connectivity index (χ1n) is 3.39. The van der Waals surface area contributed by atoms with Crippen molar-refractivity contribution in [3.63, 3.8) is 0 Å². The minimum Gasteiger partial charge on any atom is -0.378 e. The number of morpholine rings is 1. The third kappa shape index (κ3) is 1.59. The number of nitrogens with zero attached hydrogens (tertiary/aromatic N) is 1. The third-order valence-corrected chi connectivity index (χ3v) is 1.63. The molecule has 0 atom stereocenters. The Bertz CT molecular complexity index is 155. The van der Waals surface area contributed by atoms with Crippen LogP contribution in [0.4, 0.5) is 0 Å². The summed E-state index contributed by atoms with van der Waals surface area (Å²) in [4.78, 5) is 12.1. The van der Waals surface area contributed by atoms with Crippen LogP contribution < -0.4 is 0 Å². The van der Waals surface area contributed by atoms with Gasteiger partial charge in [-0.05, 0) is 6.92 Å². The van der Waals surface area contributed by atoms with E-state index in [0.717, 1.165) is 26.3 Å². The van der Waals surface area contributed by atoms with Crippen molar-refractivity contribution in [2.45, 2.75) is 6.92 Å². The van der Waals surface area contributed by atoms with Crippen LogP contribution in [0.3, 0.4) is 0 Å². The highest BCUT2D eigenvalue weighted by Gasteiger charge is 2.09. The number of hydrogen-bond acceptors (Lipinski definition) is 3. The average molecular weight is 141 g/mol. The molecule has 1 aliphatic rings. The fraction of sp³-hybridized carbons (Fsp3) is 0.714. The summed E-state index contributed by atoms with van der Waals surface area (Å²) in [6.07, 6.45) is 0. The second kappa shape index (κ2) is 3.40. The third-order valence-electron chi connectivity index (χ3n) is 1.63. The van der Waals surface area contributed by atoms with E-state index in [0.29, 0.717) is 5.70 Å².